The summed E-state index contributed by atoms with van der Waals surface area (Å²) in [6.45, 7) is 0.642. The predicted molar refractivity (Wildman–Crippen MR) is 104 cm³/mol. The summed E-state index contributed by atoms with van der Waals surface area (Å²) >= 11 is 1.18. The monoisotopic (exact) mass is 396 g/mol. The highest BCUT2D eigenvalue weighted by Gasteiger charge is 2.29. The van der Waals surface area contributed by atoms with Gasteiger partial charge in [-0.15, -0.1) is 0 Å². The topological polar surface area (TPSA) is 98.5 Å². The molecule has 2 aromatic carbocycles. The Morgan fingerprint density at radius 1 is 1.21 bits per heavy atom. The maximum Gasteiger partial charge on any atom is 0.335 e. The second kappa shape index (κ2) is 7.47. The smallest absolute Gasteiger partial charge is 0.335 e. The lowest BCUT2D eigenvalue weighted by atomic mass is 10.1. The molecular formula is C20H16N2O5S. The van der Waals surface area contributed by atoms with E-state index in [0.717, 1.165) is 5.56 Å². The standard InChI is InChI=1S/C20H16N2O5S/c23-17-14-7-6-13(18(24)25)10-15(14)21-20(28-16-8-9-27-19(16)26)22(17)11-12-4-2-1-3-5-12/h1-7,10,16H,8-9,11H2,(H,24,25)/t16-/m1/s1. The number of carbonyl (C=O) groups excluding carboxylic acids is 1. The van der Waals surface area contributed by atoms with Crippen LogP contribution in [0.25, 0.3) is 10.9 Å². The van der Waals surface area contributed by atoms with Crippen molar-refractivity contribution in [2.75, 3.05) is 6.61 Å². The molecule has 1 saturated heterocycles. The van der Waals surface area contributed by atoms with Crippen molar-refractivity contribution < 1.29 is 19.4 Å². The van der Waals surface area contributed by atoms with E-state index in [4.69, 9.17) is 4.74 Å². The number of aromatic nitrogens is 2. The number of hydrogen-bond donors (Lipinski definition) is 1. The molecule has 0 radical (unpaired) electrons. The zero-order valence-corrected chi connectivity index (χ0v) is 15.5. The Bertz CT molecular complexity index is 1130. The number of benzene rings is 2. The first-order valence-corrected chi connectivity index (χ1v) is 9.56. The minimum absolute atomic E-state index is 0.0523. The van der Waals surface area contributed by atoms with Crippen LogP contribution in [0.5, 0.6) is 0 Å². The number of fused-ring (bicyclic) bond motifs is 1. The Balaban J connectivity index is 1.85. The average Bonchev–Trinajstić information content (AvgIpc) is 3.10. The SMILES string of the molecule is O=C(O)c1ccc2c(=O)n(Cc3ccccc3)c(S[C@@H]3CCOC3=O)nc2c1. The maximum atomic E-state index is 13.1. The largest absolute Gasteiger partial charge is 0.478 e. The van der Waals surface area contributed by atoms with Gasteiger partial charge in [-0.3, -0.25) is 14.2 Å². The number of cyclic esters (lactones) is 1. The van der Waals surface area contributed by atoms with E-state index < -0.39 is 11.2 Å². The molecule has 1 aromatic heterocycles. The lowest BCUT2D eigenvalue weighted by molar-refractivity contribution is -0.137. The lowest BCUT2D eigenvalue weighted by Crippen LogP contribution is -2.25. The molecule has 0 unspecified atom stereocenters. The molecule has 28 heavy (non-hydrogen) atoms. The van der Waals surface area contributed by atoms with Crippen LogP contribution < -0.4 is 5.56 Å². The van der Waals surface area contributed by atoms with E-state index in [9.17, 15) is 19.5 Å². The van der Waals surface area contributed by atoms with Crippen LogP contribution in [-0.4, -0.2) is 38.5 Å². The van der Waals surface area contributed by atoms with E-state index in [1.807, 2.05) is 30.3 Å². The molecule has 0 aliphatic carbocycles. The predicted octanol–water partition coefficient (Wildman–Crippen LogP) is 2.55. The zero-order chi connectivity index (χ0) is 19.7. The van der Waals surface area contributed by atoms with Crippen molar-refractivity contribution in [3.8, 4) is 0 Å². The minimum atomic E-state index is -1.09. The molecule has 2 heterocycles. The van der Waals surface area contributed by atoms with Crippen molar-refractivity contribution in [2.24, 2.45) is 0 Å². The van der Waals surface area contributed by atoms with Gasteiger partial charge in [-0.25, -0.2) is 9.78 Å². The first kappa shape index (κ1) is 18.2. The summed E-state index contributed by atoms with van der Waals surface area (Å²) in [4.78, 5) is 40.8. The van der Waals surface area contributed by atoms with Gasteiger partial charge in [-0.1, -0.05) is 42.1 Å². The Morgan fingerprint density at radius 2 is 2.00 bits per heavy atom. The van der Waals surface area contributed by atoms with Crippen molar-refractivity contribution in [3.05, 3.63) is 70.0 Å². The molecule has 4 rings (SSSR count). The molecule has 0 saturated carbocycles. The van der Waals surface area contributed by atoms with Crippen LogP contribution in [0.4, 0.5) is 0 Å². The number of carbonyl (C=O) groups is 2. The molecule has 1 atom stereocenters. The quantitative estimate of drug-likeness (QED) is 0.523. The number of esters is 1. The third-order valence-corrected chi connectivity index (χ3v) is 5.72. The fourth-order valence-electron chi connectivity index (χ4n) is 3.04. The summed E-state index contributed by atoms with van der Waals surface area (Å²) < 4.78 is 6.53. The Hall–Kier alpha value is -3.13. The third kappa shape index (κ3) is 3.50. The molecule has 0 bridgehead atoms. The molecule has 3 aromatic rings. The van der Waals surface area contributed by atoms with Crippen molar-refractivity contribution in [1.29, 1.82) is 0 Å². The number of thioether (sulfide) groups is 1. The normalized spacial score (nSPS) is 16.3. The van der Waals surface area contributed by atoms with Gasteiger partial charge in [0.25, 0.3) is 5.56 Å². The molecule has 1 aliphatic heterocycles. The molecular weight excluding hydrogens is 380 g/mol. The highest BCUT2D eigenvalue weighted by molar-refractivity contribution is 8.00. The number of ether oxygens (including phenoxy) is 1. The summed E-state index contributed by atoms with van der Waals surface area (Å²) in [7, 11) is 0. The zero-order valence-electron chi connectivity index (χ0n) is 14.7. The van der Waals surface area contributed by atoms with E-state index in [2.05, 4.69) is 4.98 Å². The molecule has 0 spiro atoms. The van der Waals surface area contributed by atoms with E-state index in [0.29, 0.717) is 35.6 Å². The Labute approximate surface area is 164 Å². The Morgan fingerprint density at radius 3 is 2.68 bits per heavy atom. The summed E-state index contributed by atoms with van der Waals surface area (Å²) in [5.41, 5.74) is 0.989. The van der Waals surface area contributed by atoms with Gasteiger partial charge in [0.15, 0.2) is 5.16 Å². The summed E-state index contributed by atoms with van der Waals surface area (Å²) in [5.74, 6) is -1.42. The van der Waals surface area contributed by atoms with E-state index in [-0.39, 0.29) is 17.1 Å². The number of nitrogens with zero attached hydrogens (tertiary/aromatic N) is 2. The van der Waals surface area contributed by atoms with Crippen LogP contribution in [0.1, 0.15) is 22.3 Å². The molecule has 1 aliphatic rings. The molecule has 8 heteroatoms. The number of aromatic carboxylic acids is 1. The first-order chi connectivity index (χ1) is 13.5. The van der Waals surface area contributed by atoms with E-state index in [1.165, 1.54) is 34.5 Å². The highest BCUT2D eigenvalue weighted by atomic mass is 32.2. The van der Waals surface area contributed by atoms with Crippen LogP contribution in [0.3, 0.4) is 0 Å². The van der Waals surface area contributed by atoms with Gasteiger partial charge in [-0.2, -0.15) is 0 Å². The first-order valence-electron chi connectivity index (χ1n) is 8.68. The van der Waals surface area contributed by atoms with E-state index in [1.54, 1.807) is 0 Å². The van der Waals surface area contributed by atoms with Crippen LogP contribution in [0.2, 0.25) is 0 Å². The van der Waals surface area contributed by atoms with Gasteiger partial charge in [-0.05, 0) is 23.8 Å². The van der Waals surface area contributed by atoms with Gasteiger partial charge < -0.3 is 9.84 Å². The van der Waals surface area contributed by atoms with Gasteiger partial charge in [0.1, 0.15) is 5.25 Å². The fourth-order valence-corrected chi connectivity index (χ4v) is 4.10. The second-order valence-corrected chi connectivity index (χ2v) is 7.54. The minimum Gasteiger partial charge on any atom is -0.478 e. The highest BCUT2D eigenvalue weighted by Crippen LogP contribution is 2.29. The molecule has 1 N–H and O–H groups in total. The molecule has 0 amide bonds. The van der Waals surface area contributed by atoms with Gasteiger partial charge >= 0.3 is 11.9 Å². The van der Waals surface area contributed by atoms with Gasteiger partial charge in [0, 0.05) is 6.42 Å². The van der Waals surface area contributed by atoms with Gasteiger partial charge in [0.2, 0.25) is 0 Å². The van der Waals surface area contributed by atoms with Gasteiger partial charge in [0.05, 0.1) is 29.6 Å². The maximum absolute atomic E-state index is 13.1. The summed E-state index contributed by atoms with van der Waals surface area (Å²) in [6.07, 6.45) is 0.540. The number of carboxylic acid groups (broad SMARTS) is 1. The van der Waals surface area contributed by atoms with Crippen LogP contribution >= 0.6 is 11.8 Å². The number of hydrogen-bond acceptors (Lipinski definition) is 6. The van der Waals surface area contributed by atoms with Crippen LogP contribution in [0, 0.1) is 0 Å². The van der Waals surface area contributed by atoms with Crippen molar-refractivity contribution >= 4 is 34.6 Å². The van der Waals surface area contributed by atoms with Crippen molar-refractivity contribution in [2.45, 2.75) is 23.4 Å². The van der Waals surface area contributed by atoms with Crippen molar-refractivity contribution in [3.63, 3.8) is 0 Å². The molecule has 1 fully saturated rings. The number of rotatable bonds is 5. The lowest BCUT2D eigenvalue weighted by Gasteiger charge is -2.15. The Kier molecular flexibility index (Phi) is 4.87. The van der Waals surface area contributed by atoms with Crippen LogP contribution in [0.15, 0.2) is 58.5 Å². The fraction of sp³-hybridized carbons (Fsp3) is 0.200. The molecule has 7 nitrogen and oxygen atoms in total. The van der Waals surface area contributed by atoms with Crippen LogP contribution in [-0.2, 0) is 16.1 Å². The van der Waals surface area contributed by atoms with E-state index >= 15 is 0 Å². The summed E-state index contributed by atoms with van der Waals surface area (Å²) in [5, 5.41) is 9.48. The molecule has 142 valence electrons. The second-order valence-electron chi connectivity index (χ2n) is 6.37. The van der Waals surface area contributed by atoms with Crippen molar-refractivity contribution in [1.82, 2.24) is 9.55 Å². The third-order valence-electron chi connectivity index (χ3n) is 4.49. The summed E-state index contributed by atoms with van der Waals surface area (Å²) in [6, 6.07) is 13.7. The average molecular weight is 396 g/mol. The number of carboxylic acids is 1.